The van der Waals surface area contributed by atoms with Crippen molar-refractivity contribution >= 4 is 39.8 Å². The second-order valence-electron chi connectivity index (χ2n) is 7.48. The number of carbonyl (C=O) groups excluding carboxylic acids is 1. The minimum Gasteiger partial charge on any atom is -0.497 e. The lowest BCUT2D eigenvalue weighted by Gasteiger charge is -2.37. The molecule has 2 heterocycles. The molecule has 0 spiro atoms. The van der Waals surface area contributed by atoms with Gasteiger partial charge in [-0.05, 0) is 36.8 Å². The number of carbonyl (C=O) groups is 1. The Morgan fingerprint density at radius 3 is 2.50 bits per heavy atom. The van der Waals surface area contributed by atoms with E-state index in [-0.39, 0.29) is 11.2 Å². The van der Waals surface area contributed by atoms with Gasteiger partial charge in [-0.3, -0.25) is 4.79 Å². The molecule has 2 aromatic carbocycles. The number of hydrogen-bond acceptors (Lipinski definition) is 8. The first-order valence-corrected chi connectivity index (χ1v) is 12.3. The Morgan fingerprint density at radius 1 is 1.09 bits per heavy atom. The smallest absolute Gasteiger partial charge is 0.235 e. The van der Waals surface area contributed by atoms with E-state index in [4.69, 9.17) is 4.74 Å². The maximum absolute atomic E-state index is 12.9. The summed E-state index contributed by atoms with van der Waals surface area (Å²) in [5, 5.41) is 12.3. The Bertz CT molecular complexity index is 1000. The predicted octanol–water partition coefficient (Wildman–Crippen LogP) is 3.99. The standard InChI is InChI=1S/C23H27N5O2S2/c1-17(21(29)28-14-12-27(13-15-28)19-6-4-3-5-7-19)31-23-26-25-22(32-23)24-16-18-8-10-20(30-2)11-9-18/h3-11,17H,12-16H2,1-2H3,(H,24,25). The van der Waals surface area contributed by atoms with Crippen LogP contribution in [0.3, 0.4) is 0 Å². The van der Waals surface area contributed by atoms with Gasteiger partial charge in [0.1, 0.15) is 5.75 Å². The van der Waals surface area contributed by atoms with E-state index < -0.39 is 0 Å². The number of methoxy groups -OCH3 is 1. The highest BCUT2D eigenvalue weighted by atomic mass is 32.2. The van der Waals surface area contributed by atoms with Gasteiger partial charge in [-0.2, -0.15) is 0 Å². The normalized spacial score (nSPS) is 14.8. The van der Waals surface area contributed by atoms with Gasteiger partial charge in [-0.15, -0.1) is 10.2 Å². The topological polar surface area (TPSA) is 70.6 Å². The Labute approximate surface area is 196 Å². The molecule has 7 nitrogen and oxygen atoms in total. The van der Waals surface area contributed by atoms with Crippen LogP contribution in [0.15, 0.2) is 58.9 Å². The highest BCUT2D eigenvalue weighted by Crippen LogP contribution is 2.30. The Morgan fingerprint density at radius 2 is 1.81 bits per heavy atom. The molecule has 0 aliphatic carbocycles. The van der Waals surface area contributed by atoms with Crippen molar-refractivity contribution in [2.24, 2.45) is 0 Å². The van der Waals surface area contributed by atoms with Crippen LogP contribution in [0.1, 0.15) is 12.5 Å². The van der Waals surface area contributed by atoms with Crippen molar-refractivity contribution in [3.05, 3.63) is 60.2 Å². The molecule has 1 atom stereocenters. The van der Waals surface area contributed by atoms with Crippen LogP contribution in [0.5, 0.6) is 5.75 Å². The summed E-state index contributed by atoms with van der Waals surface area (Å²) in [6.45, 7) is 5.79. The third-order valence-corrected chi connectivity index (χ3v) is 7.40. The Kier molecular flexibility index (Phi) is 7.49. The van der Waals surface area contributed by atoms with Crippen molar-refractivity contribution in [1.29, 1.82) is 0 Å². The summed E-state index contributed by atoms with van der Waals surface area (Å²) in [7, 11) is 1.66. The molecule has 1 amide bonds. The first-order valence-electron chi connectivity index (χ1n) is 10.6. The van der Waals surface area contributed by atoms with Crippen molar-refractivity contribution < 1.29 is 9.53 Å². The van der Waals surface area contributed by atoms with E-state index in [9.17, 15) is 4.79 Å². The number of ether oxygens (including phenoxy) is 1. The number of para-hydroxylation sites is 1. The third kappa shape index (κ3) is 5.72. The highest BCUT2D eigenvalue weighted by Gasteiger charge is 2.26. The van der Waals surface area contributed by atoms with Gasteiger partial charge >= 0.3 is 0 Å². The van der Waals surface area contributed by atoms with Gasteiger partial charge in [-0.1, -0.05) is 53.4 Å². The first-order chi connectivity index (χ1) is 15.6. The molecule has 1 unspecified atom stereocenters. The minimum absolute atomic E-state index is 0.158. The molecule has 0 radical (unpaired) electrons. The summed E-state index contributed by atoms with van der Waals surface area (Å²) in [6, 6.07) is 18.3. The van der Waals surface area contributed by atoms with Gasteiger partial charge in [-0.25, -0.2) is 0 Å². The molecule has 32 heavy (non-hydrogen) atoms. The molecule has 0 bridgehead atoms. The SMILES string of the molecule is COc1ccc(CNc2nnc(SC(C)C(=O)N3CCN(c4ccccc4)CC3)s2)cc1. The van der Waals surface area contributed by atoms with E-state index in [1.807, 2.05) is 54.3 Å². The summed E-state index contributed by atoms with van der Waals surface area (Å²) in [4.78, 5) is 17.2. The lowest BCUT2D eigenvalue weighted by atomic mass is 10.2. The molecule has 1 aliphatic rings. The molecule has 1 aromatic heterocycles. The van der Waals surface area contributed by atoms with Gasteiger partial charge in [0.15, 0.2) is 4.34 Å². The number of piperazine rings is 1. The zero-order valence-electron chi connectivity index (χ0n) is 18.2. The van der Waals surface area contributed by atoms with Crippen molar-refractivity contribution in [2.45, 2.75) is 23.1 Å². The number of aromatic nitrogens is 2. The quantitative estimate of drug-likeness (QED) is 0.500. The molecule has 3 aromatic rings. The van der Waals surface area contributed by atoms with Crippen molar-refractivity contribution in [3.8, 4) is 5.75 Å². The summed E-state index contributed by atoms with van der Waals surface area (Å²) in [5.41, 5.74) is 2.35. The number of hydrogen-bond donors (Lipinski definition) is 1. The fourth-order valence-corrected chi connectivity index (χ4v) is 5.51. The van der Waals surface area contributed by atoms with Crippen molar-refractivity contribution in [2.75, 3.05) is 43.5 Å². The molecule has 1 aliphatic heterocycles. The lowest BCUT2D eigenvalue weighted by Crippen LogP contribution is -2.50. The third-order valence-electron chi connectivity index (χ3n) is 5.35. The number of rotatable bonds is 8. The predicted molar refractivity (Wildman–Crippen MR) is 131 cm³/mol. The maximum atomic E-state index is 12.9. The summed E-state index contributed by atoms with van der Waals surface area (Å²) >= 11 is 2.95. The highest BCUT2D eigenvalue weighted by molar-refractivity contribution is 8.02. The van der Waals surface area contributed by atoms with Crippen LogP contribution >= 0.6 is 23.1 Å². The summed E-state index contributed by atoms with van der Waals surface area (Å²) in [5.74, 6) is 0.995. The van der Waals surface area contributed by atoms with Gasteiger partial charge in [0.25, 0.3) is 0 Å². The van der Waals surface area contributed by atoms with E-state index in [1.165, 1.54) is 28.8 Å². The van der Waals surface area contributed by atoms with Gasteiger partial charge < -0.3 is 19.9 Å². The maximum Gasteiger partial charge on any atom is 0.235 e. The fourth-order valence-electron chi connectivity index (χ4n) is 3.53. The average Bonchev–Trinajstić information content (AvgIpc) is 3.30. The van der Waals surface area contributed by atoms with Gasteiger partial charge in [0.2, 0.25) is 11.0 Å². The Hall–Kier alpha value is -2.78. The molecule has 9 heteroatoms. The number of benzene rings is 2. The van der Waals surface area contributed by atoms with E-state index >= 15 is 0 Å². The zero-order valence-corrected chi connectivity index (χ0v) is 19.9. The van der Waals surface area contributed by atoms with Crippen LogP contribution < -0.4 is 15.0 Å². The largest absolute Gasteiger partial charge is 0.497 e. The number of amides is 1. The molecule has 0 saturated carbocycles. The second-order valence-corrected chi connectivity index (χ2v) is 10.0. The fraction of sp³-hybridized carbons (Fsp3) is 0.348. The van der Waals surface area contributed by atoms with E-state index in [1.54, 1.807) is 7.11 Å². The van der Waals surface area contributed by atoms with Crippen LogP contribution in [-0.4, -0.2) is 59.5 Å². The first kappa shape index (κ1) is 22.4. The van der Waals surface area contributed by atoms with E-state index in [2.05, 4.69) is 32.5 Å². The number of anilines is 2. The van der Waals surface area contributed by atoms with Gasteiger partial charge in [0, 0.05) is 38.4 Å². The molecular weight excluding hydrogens is 442 g/mol. The molecule has 1 saturated heterocycles. The lowest BCUT2D eigenvalue weighted by molar-refractivity contribution is -0.130. The molecule has 168 valence electrons. The van der Waals surface area contributed by atoms with E-state index in [0.29, 0.717) is 6.54 Å². The monoisotopic (exact) mass is 469 g/mol. The van der Waals surface area contributed by atoms with E-state index in [0.717, 1.165) is 47.0 Å². The van der Waals surface area contributed by atoms with Crippen LogP contribution in [-0.2, 0) is 11.3 Å². The molecule has 4 rings (SSSR count). The second kappa shape index (κ2) is 10.7. The van der Waals surface area contributed by atoms with Crippen molar-refractivity contribution in [3.63, 3.8) is 0 Å². The number of thioether (sulfide) groups is 1. The van der Waals surface area contributed by atoms with Crippen LogP contribution in [0.25, 0.3) is 0 Å². The summed E-state index contributed by atoms with van der Waals surface area (Å²) < 4.78 is 5.98. The Balaban J connectivity index is 1.24. The van der Waals surface area contributed by atoms with Crippen LogP contribution in [0.2, 0.25) is 0 Å². The summed E-state index contributed by atoms with van der Waals surface area (Å²) in [6.07, 6.45) is 0. The van der Waals surface area contributed by atoms with Crippen molar-refractivity contribution in [1.82, 2.24) is 15.1 Å². The molecule has 1 fully saturated rings. The van der Waals surface area contributed by atoms with Crippen LogP contribution in [0.4, 0.5) is 10.8 Å². The number of nitrogens with zero attached hydrogens (tertiary/aromatic N) is 4. The van der Waals surface area contributed by atoms with Crippen LogP contribution in [0, 0.1) is 0 Å². The van der Waals surface area contributed by atoms with Gasteiger partial charge in [0.05, 0.1) is 12.4 Å². The number of nitrogens with one attached hydrogen (secondary N) is 1. The zero-order chi connectivity index (χ0) is 22.3. The minimum atomic E-state index is -0.194. The average molecular weight is 470 g/mol. The molecular formula is C23H27N5O2S2. The molecule has 1 N–H and O–H groups in total.